The number of halogens is 3. The van der Waals surface area contributed by atoms with E-state index in [1.54, 1.807) is 0 Å². The van der Waals surface area contributed by atoms with Crippen LogP contribution in [0.3, 0.4) is 0 Å². The van der Waals surface area contributed by atoms with Crippen LogP contribution in [0.5, 0.6) is 0 Å². The van der Waals surface area contributed by atoms with Crippen molar-refractivity contribution in [2.75, 3.05) is 5.32 Å². The van der Waals surface area contributed by atoms with Crippen molar-refractivity contribution in [3.05, 3.63) is 53.5 Å². The minimum Gasteiger partial charge on any atom is -0.459 e. The molecule has 0 aliphatic rings. The molecular weight excluding hydrogens is 273 g/mol. The van der Waals surface area contributed by atoms with Crippen LogP contribution >= 0.6 is 0 Å². The average Bonchev–Trinajstić information content (AvgIpc) is 2.91. The second-order valence-corrected chi connectivity index (χ2v) is 4.01. The van der Waals surface area contributed by atoms with Gasteiger partial charge in [-0.05, 0) is 29.8 Å². The molecule has 3 N–H and O–H groups in total. The van der Waals surface area contributed by atoms with E-state index in [9.17, 15) is 18.0 Å². The number of alkyl halides is 3. The Labute approximate surface area is 112 Å². The second-order valence-electron chi connectivity index (χ2n) is 4.01. The molecule has 106 valence electrons. The van der Waals surface area contributed by atoms with Crippen LogP contribution in [-0.4, -0.2) is 5.91 Å². The fourth-order valence-corrected chi connectivity index (χ4v) is 1.65. The highest BCUT2D eigenvalue weighted by Gasteiger charge is 2.34. The largest absolute Gasteiger partial charge is 0.459 e. The quantitative estimate of drug-likeness (QED) is 0.910. The molecule has 1 heterocycles. The fourth-order valence-electron chi connectivity index (χ4n) is 1.65. The number of anilines is 1. The molecule has 0 saturated carbocycles. The number of nitrogens with two attached hydrogens (primary N) is 1. The summed E-state index contributed by atoms with van der Waals surface area (Å²) in [7, 11) is 0. The predicted octanol–water partition coefficient (Wildman–Crippen LogP) is 3.01. The van der Waals surface area contributed by atoms with Crippen molar-refractivity contribution in [2.45, 2.75) is 12.7 Å². The molecule has 1 aromatic heterocycles. The zero-order valence-corrected chi connectivity index (χ0v) is 10.2. The Bertz CT molecular complexity index is 607. The van der Waals surface area contributed by atoms with Gasteiger partial charge in [-0.3, -0.25) is 4.79 Å². The molecule has 2 aromatic rings. The molecule has 0 aliphatic carbocycles. The zero-order valence-electron chi connectivity index (χ0n) is 10.2. The zero-order chi connectivity index (χ0) is 14.8. The molecule has 20 heavy (non-hydrogen) atoms. The van der Waals surface area contributed by atoms with Gasteiger partial charge in [0.25, 0.3) is 5.91 Å². The number of amides is 1. The maximum atomic E-state index is 12.9. The van der Waals surface area contributed by atoms with Gasteiger partial charge in [-0.25, -0.2) is 0 Å². The lowest BCUT2D eigenvalue weighted by Crippen LogP contribution is -2.17. The van der Waals surface area contributed by atoms with Gasteiger partial charge in [0, 0.05) is 6.54 Å². The monoisotopic (exact) mass is 284 g/mol. The summed E-state index contributed by atoms with van der Waals surface area (Å²) in [6.07, 6.45) is -3.33. The topological polar surface area (TPSA) is 68.3 Å². The number of hydrogen-bond acceptors (Lipinski definition) is 3. The summed E-state index contributed by atoms with van der Waals surface area (Å²) in [5, 5.41) is 2.18. The van der Waals surface area contributed by atoms with Crippen LogP contribution in [0.25, 0.3) is 0 Å². The van der Waals surface area contributed by atoms with Crippen molar-refractivity contribution in [3.63, 3.8) is 0 Å². The van der Waals surface area contributed by atoms with Gasteiger partial charge in [0.1, 0.15) is 0 Å². The van der Waals surface area contributed by atoms with E-state index in [1.165, 1.54) is 30.5 Å². The molecule has 0 aliphatic heterocycles. The molecule has 0 atom stereocenters. The van der Waals surface area contributed by atoms with Crippen LogP contribution in [0.4, 0.5) is 18.9 Å². The average molecular weight is 284 g/mol. The summed E-state index contributed by atoms with van der Waals surface area (Å²) in [5.74, 6) is -0.818. The van der Waals surface area contributed by atoms with E-state index in [1.807, 2.05) is 0 Å². The summed E-state index contributed by atoms with van der Waals surface area (Å²) in [6.45, 7) is -0.0184. The Balaban J connectivity index is 2.34. The number of furan rings is 1. The van der Waals surface area contributed by atoms with Gasteiger partial charge in [-0.15, -0.1) is 0 Å². The Kier molecular flexibility index (Phi) is 3.80. The molecule has 4 nitrogen and oxygen atoms in total. The lowest BCUT2D eigenvalue weighted by Gasteiger charge is -2.14. The molecule has 0 fully saturated rings. The summed E-state index contributed by atoms with van der Waals surface area (Å²) in [4.78, 5) is 11.7. The normalized spacial score (nSPS) is 11.4. The third-order valence-corrected chi connectivity index (χ3v) is 2.62. The van der Waals surface area contributed by atoms with Crippen molar-refractivity contribution >= 4 is 11.6 Å². The van der Waals surface area contributed by atoms with Crippen LogP contribution in [-0.2, 0) is 12.7 Å². The van der Waals surface area contributed by atoms with Gasteiger partial charge in [0.2, 0.25) is 0 Å². The smallest absolute Gasteiger partial charge is 0.418 e. The van der Waals surface area contributed by atoms with Crippen molar-refractivity contribution < 1.29 is 22.4 Å². The first kappa shape index (κ1) is 14.1. The van der Waals surface area contributed by atoms with E-state index < -0.39 is 17.6 Å². The highest BCUT2D eigenvalue weighted by molar-refractivity contribution is 6.02. The third-order valence-electron chi connectivity index (χ3n) is 2.62. The number of benzene rings is 1. The van der Waals surface area contributed by atoms with Crippen molar-refractivity contribution in [1.29, 1.82) is 0 Å². The van der Waals surface area contributed by atoms with Crippen molar-refractivity contribution in [2.24, 2.45) is 5.73 Å². The Morgan fingerprint density at radius 2 is 2.05 bits per heavy atom. The molecular formula is C13H11F3N2O2. The molecule has 2 rings (SSSR count). The van der Waals surface area contributed by atoms with Crippen LogP contribution in [0.1, 0.15) is 21.7 Å². The van der Waals surface area contributed by atoms with Gasteiger partial charge in [-0.2, -0.15) is 13.2 Å². The van der Waals surface area contributed by atoms with Gasteiger partial charge in [0.05, 0.1) is 17.5 Å². The molecule has 0 saturated heterocycles. The Morgan fingerprint density at radius 1 is 1.30 bits per heavy atom. The minimum atomic E-state index is -4.59. The summed E-state index contributed by atoms with van der Waals surface area (Å²) in [6, 6.07) is 6.34. The Hall–Kier alpha value is -2.28. The lowest BCUT2D eigenvalue weighted by atomic mass is 10.1. The number of carbonyl (C=O) groups excluding carboxylic acids is 1. The maximum Gasteiger partial charge on any atom is 0.418 e. The minimum absolute atomic E-state index is 0.0184. The van der Waals surface area contributed by atoms with Gasteiger partial charge >= 0.3 is 6.18 Å². The molecule has 0 radical (unpaired) electrons. The molecule has 1 aromatic carbocycles. The fraction of sp³-hybridized carbons (Fsp3) is 0.154. The van der Waals surface area contributed by atoms with Crippen LogP contribution in [0, 0.1) is 0 Å². The van der Waals surface area contributed by atoms with E-state index in [-0.39, 0.29) is 18.0 Å². The van der Waals surface area contributed by atoms with E-state index in [2.05, 4.69) is 5.32 Å². The lowest BCUT2D eigenvalue weighted by molar-refractivity contribution is -0.137. The number of carbonyl (C=O) groups is 1. The number of hydrogen-bond donors (Lipinski definition) is 2. The summed E-state index contributed by atoms with van der Waals surface area (Å²) >= 11 is 0. The van der Waals surface area contributed by atoms with Gasteiger partial charge < -0.3 is 15.5 Å². The standard InChI is InChI=1S/C13H11F3N2O2/c14-13(15,16)9-6-8(7-17)3-4-10(9)18-12(19)11-2-1-5-20-11/h1-6H,7,17H2,(H,18,19). The van der Waals surface area contributed by atoms with E-state index >= 15 is 0 Å². The first-order chi connectivity index (χ1) is 9.41. The predicted molar refractivity (Wildman–Crippen MR) is 66.0 cm³/mol. The molecule has 1 amide bonds. The first-order valence-electron chi connectivity index (χ1n) is 5.67. The van der Waals surface area contributed by atoms with Crippen LogP contribution < -0.4 is 11.1 Å². The molecule has 7 heteroatoms. The van der Waals surface area contributed by atoms with Gasteiger partial charge in [-0.1, -0.05) is 6.07 Å². The molecule has 0 bridgehead atoms. The summed E-state index contributed by atoms with van der Waals surface area (Å²) in [5.41, 5.74) is 4.37. The van der Waals surface area contributed by atoms with Crippen molar-refractivity contribution in [1.82, 2.24) is 0 Å². The summed E-state index contributed by atoms with van der Waals surface area (Å²) < 4.78 is 43.7. The Morgan fingerprint density at radius 3 is 2.60 bits per heavy atom. The van der Waals surface area contributed by atoms with Crippen LogP contribution in [0.2, 0.25) is 0 Å². The molecule has 0 unspecified atom stereocenters. The highest BCUT2D eigenvalue weighted by atomic mass is 19.4. The van der Waals surface area contributed by atoms with E-state index in [0.29, 0.717) is 5.56 Å². The maximum absolute atomic E-state index is 12.9. The molecule has 0 spiro atoms. The van der Waals surface area contributed by atoms with E-state index in [0.717, 1.165) is 6.07 Å². The third kappa shape index (κ3) is 3.00. The van der Waals surface area contributed by atoms with Crippen LogP contribution in [0.15, 0.2) is 41.0 Å². The SMILES string of the molecule is NCc1ccc(NC(=O)c2ccco2)c(C(F)(F)F)c1. The van der Waals surface area contributed by atoms with Crippen molar-refractivity contribution in [3.8, 4) is 0 Å². The van der Waals surface area contributed by atoms with Gasteiger partial charge in [0.15, 0.2) is 5.76 Å². The second kappa shape index (κ2) is 5.38. The first-order valence-corrected chi connectivity index (χ1v) is 5.67. The van der Waals surface area contributed by atoms with E-state index in [4.69, 9.17) is 10.2 Å². The highest BCUT2D eigenvalue weighted by Crippen LogP contribution is 2.35. The number of rotatable bonds is 3. The number of nitrogens with one attached hydrogen (secondary N) is 1.